The molecule has 0 aliphatic rings. The highest BCUT2D eigenvalue weighted by Crippen LogP contribution is 2.20. The number of benzene rings is 1. The number of allylic oxidation sites excluding steroid dienone is 1. The number of alkyl halides is 1. The Morgan fingerprint density at radius 3 is 2.71 bits per heavy atom. The van der Waals surface area contributed by atoms with Gasteiger partial charge in [-0.05, 0) is 37.1 Å². The van der Waals surface area contributed by atoms with Gasteiger partial charge in [0.15, 0.2) is 0 Å². The molecule has 0 radical (unpaired) electrons. The lowest BCUT2D eigenvalue weighted by molar-refractivity contribution is 0.411. The summed E-state index contributed by atoms with van der Waals surface area (Å²) in [6, 6.07) is 6.20. The highest BCUT2D eigenvalue weighted by Gasteiger charge is 1.97. The molecule has 0 N–H and O–H groups in total. The summed E-state index contributed by atoms with van der Waals surface area (Å²) in [4.78, 5) is 0. The lowest BCUT2D eigenvalue weighted by Crippen LogP contribution is -1.87. The molecule has 1 aromatic carbocycles. The lowest BCUT2D eigenvalue weighted by Gasteiger charge is -2.05. The van der Waals surface area contributed by atoms with E-state index in [-0.39, 0.29) is 0 Å². The van der Waals surface area contributed by atoms with Gasteiger partial charge in [0.05, 0.1) is 7.11 Å². The summed E-state index contributed by atoms with van der Waals surface area (Å²) >= 11 is 3.43. The number of rotatable bonds is 3. The Balaban J connectivity index is 2.97. The van der Waals surface area contributed by atoms with Crippen molar-refractivity contribution in [3.05, 3.63) is 34.9 Å². The van der Waals surface area contributed by atoms with Crippen molar-refractivity contribution in [3.63, 3.8) is 0 Å². The highest BCUT2D eigenvalue weighted by atomic mass is 79.9. The van der Waals surface area contributed by atoms with E-state index in [2.05, 4.69) is 48.0 Å². The van der Waals surface area contributed by atoms with E-state index in [1.165, 1.54) is 16.7 Å². The van der Waals surface area contributed by atoms with Crippen LogP contribution >= 0.6 is 15.9 Å². The Morgan fingerprint density at radius 2 is 2.21 bits per heavy atom. The quantitative estimate of drug-likeness (QED) is 0.746. The third-order valence-corrected chi connectivity index (χ3v) is 2.93. The van der Waals surface area contributed by atoms with E-state index in [0.717, 1.165) is 11.1 Å². The lowest BCUT2D eigenvalue weighted by atomic mass is 10.1. The van der Waals surface area contributed by atoms with Gasteiger partial charge in [-0.2, -0.15) is 0 Å². The molecule has 2 heteroatoms. The molecule has 0 heterocycles. The summed E-state index contributed by atoms with van der Waals surface area (Å²) in [5.74, 6) is 0.943. The standard InChI is InChI=1S/C12H15BrO/c1-9(8-13)6-11-4-5-12(14-3)10(2)7-11/h4-7H,8H2,1-3H3. The van der Waals surface area contributed by atoms with Crippen molar-refractivity contribution >= 4 is 22.0 Å². The van der Waals surface area contributed by atoms with Gasteiger partial charge >= 0.3 is 0 Å². The van der Waals surface area contributed by atoms with Crippen LogP contribution in [0.2, 0.25) is 0 Å². The summed E-state index contributed by atoms with van der Waals surface area (Å²) in [6.45, 7) is 4.16. The maximum Gasteiger partial charge on any atom is 0.121 e. The van der Waals surface area contributed by atoms with Crippen molar-refractivity contribution in [1.82, 2.24) is 0 Å². The highest BCUT2D eigenvalue weighted by molar-refractivity contribution is 9.09. The molecule has 0 aromatic heterocycles. The van der Waals surface area contributed by atoms with Crippen LogP contribution in [-0.4, -0.2) is 12.4 Å². The van der Waals surface area contributed by atoms with Crippen LogP contribution in [0.3, 0.4) is 0 Å². The van der Waals surface area contributed by atoms with Gasteiger partial charge < -0.3 is 4.74 Å². The summed E-state index contributed by atoms with van der Waals surface area (Å²) in [6.07, 6.45) is 2.17. The Kier molecular flexibility index (Phi) is 4.21. The molecule has 1 aromatic rings. The molecule has 0 aliphatic carbocycles. The van der Waals surface area contributed by atoms with Crippen molar-refractivity contribution in [2.45, 2.75) is 13.8 Å². The molecule has 0 amide bonds. The van der Waals surface area contributed by atoms with Crippen molar-refractivity contribution in [2.75, 3.05) is 12.4 Å². The van der Waals surface area contributed by atoms with Crippen LogP contribution in [0.15, 0.2) is 23.8 Å². The monoisotopic (exact) mass is 254 g/mol. The van der Waals surface area contributed by atoms with Crippen molar-refractivity contribution in [1.29, 1.82) is 0 Å². The number of halogens is 1. The van der Waals surface area contributed by atoms with Gasteiger partial charge in [-0.1, -0.05) is 33.6 Å². The molecule has 0 saturated carbocycles. The third-order valence-electron chi connectivity index (χ3n) is 2.04. The number of hydrogen-bond acceptors (Lipinski definition) is 1. The second-order valence-corrected chi connectivity index (χ2v) is 3.91. The Hall–Kier alpha value is -0.760. The number of methoxy groups -OCH3 is 1. The number of hydrogen-bond donors (Lipinski definition) is 0. The zero-order valence-electron chi connectivity index (χ0n) is 8.80. The van der Waals surface area contributed by atoms with E-state index < -0.39 is 0 Å². The predicted octanol–water partition coefficient (Wildman–Crippen LogP) is 3.80. The zero-order valence-corrected chi connectivity index (χ0v) is 10.4. The summed E-state index contributed by atoms with van der Waals surface area (Å²) in [7, 11) is 1.70. The summed E-state index contributed by atoms with van der Waals surface area (Å²) in [5, 5.41) is 0.915. The maximum absolute atomic E-state index is 5.20. The van der Waals surface area contributed by atoms with E-state index in [4.69, 9.17) is 4.74 Å². The van der Waals surface area contributed by atoms with E-state index in [1.54, 1.807) is 7.11 Å². The fraction of sp³-hybridized carbons (Fsp3) is 0.333. The maximum atomic E-state index is 5.20. The smallest absolute Gasteiger partial charge is 0.121 e. The van der Waals surface area contributed by atoms with E-state index in [0.29, 0.717) is 0 Å². The first-order valence-electron chi connectivity index (χ1n) is 4.55. The Labute approximate surface area is 93.9 Å². The fourth-order valence-electron chi connectivity index (χ4n) is 1.31. The summed E-state index contributed by atoms with van der Waals surface area (Å²) < 4.78 is 5.20. The molecular weight excluding hydrogens is 240 g/mol. The van der Waals surface area contributed by atoms with Gasteiger partial charge in [-0.15, -0.1) is 0 Å². The number of aryl methyl sites for hydroxylation is 1. The topological polar surface area (TPSA) is 9.23 Å². The van der Waals surface area contributed by atoms with Crippen LogP contribution in [0.1, 0.15) is 18.1 Å². The second kappa shape index (κ2) is 5.20. The zero-order chi connectivity index (χ0) is 10.6. The molecule has 76 valence electrons. The van der Waals surface area contributed by atoms with Gasteiger partial charge in [0.1, 0.15) is 5.75 Å². The summed E-state index contributed by atoms with van der Waals surface area (Å²) in [5.41, 5.74) is 3.71. The van der Waals surface area contributed by atoms with Gasteiger partial charge in [0.2, 0.25) is 0 Å². The van der Waals surface area contributed by atoms with Crippen LogP contribution in [0.4, 0.5) is 0 Å². The first kappa shape index (κ1) is 11.3. The van der Waals surface area contributed by atoms with E-state index in [1.807, 2.05) is 6.07 Å². The molecule has 0 saturated heterocycles. The Bertz CT molecular complexity index is 342. The van der Waals surface area contributed by atoms with Crippen molar-refractivity contribution in [3.8, 4) is 5.75 Å². The first-order chi connectivity index (χ1) is 6.67. The molecule has 1 rings (SSSR count). The average Bonchev–Trinajstić information content (AvgIpc) is 2.18. The molecule has 0 spiro atoms. The molecular formula is C12H15BrO. The second-order valence-electron chi connectivity index (χ2n) is 3.35. The molecule has 0 atom stereocenters. The normalized spacial score (nSPS) is 11.6. The number of ether oxygens (including phenoxy) is 1. The molecule has 1 nitrogen and oxygen atoms in total. The molecule has 0 aliphatic heterocycles. The van der Waals surface area contributed by atoms with Crippen LogP contribution in [0.5, 0.6) is 5.75 Å². The average molecular weight is 255 g/mol. The molecule has 14 heavy (non-hydrogen) atoms. The van der Waals surface area contributed by atoms with Crippen LogP contribution in [-0.2, 0) is 0 Å². The van der Waals surface area contributed by atoms with Crippen LogP contribution < -0.4 is 4.74 Å². The SMILES string of the molecule is COc1ccc(C=C(C)CBr)cc1C. The predicted molar refractivity (Wildman–Crippen MR) is 65.2 cm³/mol. The van der Waals surface area contributed by atoms with Gasteiger partial charge in [0, 0.05) is 5.33 Å². The fourth-order valence-corrected chi connectivity index (χ4v) is 1.48. The van der Waals surface area contributed by atoms with E-state index in [9.17, 15) is 0 Å². The Morgan fingerprint density at radius 1 is 1.50 bits per heavy atom. The van der Waals surface area contributed by atoms with E-state index >= 15 is 0 Å². The third kappa shape index (κ3) is 2.88. The van der Waals surface area contributed by atoms with Crippen molar-refractivity contribution < 1.29 is 4.74 Å². The van der Waals surface area contributed by atoms with Gasteiger partial charge in [0.25, 0.3) is 0 Å². The van der Waals surface area contributed by atoms with Gasteiger partial charge in [-0.3, -0.25) is 0 Å². The van der Waals surface area contributed by atoms with Crippen LogP contribution in [0.25, 0.3) is 6.08 Å². The molecule has 0 fully saturated rings. The minimum atomic E-state index is 0.915. The molecule has 0 bridgehead atoms. The minimum absolute atomic E-state index is 0.915. The first-order valence-corrected chi connectivity index (χ1v) is 5.67. The van der Waals surface area contributed by atoms with Crippen LogP contribution in [0, 0.1) is 6.92 Å². The largest absolute Gasteiger partial charge is 0.496 e. The molecule has 0 unspecified atom stereocenters. The van der Waals surface area contributed by atoms with Crippen molar-refractivity contribution in [2.24, 2.45) is 0 Å². The minimum Gasteiger partial charge on any atom is -0.496 e. The van der Waals surface area contributed by atoms with Gasteiger partial charge in [-0.25, -0.2) is 0 Å².